The van der Waals surface area contributed by atoms with Crippen molar-refractivity contribution in [1.82, 2.24) is 25.2 Å². The molecule has 2 aromatic carbocycles. The van der Waals surface area contributed by atoms with Gasteiger partial charge in [-0.25, -0.2) is 18.7 Å². The first kappa shape index (κ1) is 23.8. The Kier molecular flexibility index (Phi) is 6.74. The number of carboxylic acid groups (broad SMARTS) is 1. The Morgan fingerprint density at radius 1 is 1.00 bits per heavy atom. The fourth-order valence-electron chi connectivity index (χ4n) is 3.46. The zero-order chi connectivity index (χ0) is 25.1. The van der Waals surface area contributed by atoms with Gasteiger partial charge in [0.05, 0.1) is 16.8 Å². The minimum Gasteiger partial charge on any atom is -0.478 e. The second-order valence-electron chi connectivity index (χ2n) is 7.70. The minimum atomic E-state index is -1.02. The number of benzene rings is 2. The number of nitrogens with zero attached hydrogens (tertiary/aromatic N) is 3. The maximum Gasteiger partial charge on any atom is 0.335 e. The van der Waals surface area contributed by atoms with E-state index in [0.717, 1.165) is 0 Å². The molecule has 35 heavy (non-hydrogen) atoms. The van der Waals surface area contributed by atoms with Crippen LogP contribution in [-0.2, 0) is 13.1 Å². The van der Waals surface area contributed by atoms with Gasteiger partial charge in [0.2, 0.25) is 0 Å². The third kappa shape index (κ3) is 5.28. The number of aryl methyl sites for hydroxylation is 1. The number of aromatic carboxylic acids is 1. The van der Waals surface area contributed by atoms with Crippen LogP contribution in [0.1, 0.15) is 48.0 Å². The summed E-state index contributed by atoms with van der Waals surface area (Å²) in [6.07, 6.45) is 1.45. The maximum atomic E-state index is 13.3. The number of aromatic nitrogens is 3. The van der Waals surface area contributed by atoms with Crippen LogP contribution in [0.15, 0.2) is 54.7 Å². The summed E-state index contributed by atoms with van der Waals surface area (Å²) in [5.74, 6) is -2.62. The molecule has 2 heterocycles. The van der Waals surface area contributed by atoms with E-state index >= 15 is 0 Å². The first-order valence-electron chi connectivity index (χ1n) is 10.4. The van der Waals surface area contributed by atoms with Crippen molar-refractivity contribution in [2.75, 3.05) is 0 Å². The number of hydrogen-bond acceptors (Lipinski definition) is 5. The van der Waals surface area contributed by atoms with Gasteiger partial charge in [-0.15, -0.1) is 0 Å². The molecule has 0 fully saturated rings. The van der Waals surface area contributed by atoms with Crippen molar-refractivity contribution in [2.45, 2.75) is 20.0 Å². The lowest BCUT2D eigenvalue weighted by Crippen LogP contribution is -2.28. The molecule has 0 saturated carbocycles. The van der Waals surface area contributed by atoms with Crippen LogP contribution in [-0.4, -0.2) is 37.5 Å². The lowest BCUT2D eigenvalue weighted by molar-refractivity contribution is 0.0695. The number of carbonyl (C=O) groups is 3. The van der Waals surface area contributed by atoms with Gasteiger partial charge >= 0.3 is 5.97 Å². The summed E-state index contributed by atoms with van der Waals surface area (Å²) >= 11 is 5.78. The molecule has 0 spiro atoms. The predicted molar refractivity (Wildman–Crippen MR) is 125 cm³/mol. The van der Waals surface area contributed by atoms with E-state index < -0.39 is 23.6 Å². The topological polar surface area (TPSA) is 126 Å². The molecule has 0 unspecified atom stereocenters. The molecular formula is C24H19ClFN5O4. The van der Waals surface area contributed by atoms with E-state index in [2.05, 4.69) is 20.7 Å². The Hall–Kier alpha value is -4.31. The third-order valence-electron chi connectivity index (χ3n) is 5.24. The van der Waals surface area contributed by atoms with Gasteiger partial charge in [0.15, 0.2) is 5.65 Å². The van der Waals surface area contributed by atoms with Crippen LogP contribution < -0.4 is 10.6 Å². The first-order chi connectivity index (χ1) is 16.7. The van der Waals surface area contributed by atoms with Crippen molar-refractivity contribution < 1.29 is 23.9 Å². The van der Waals surface area contributed by atoms with Gasteiger partial charge in [-0.3, -0.25) is 9.59 Å². The van der Waals surface area contributed by atoms with Gasteiger partial charge in [-0.05, 0) is 41.8 Å². The summed E-state index contributed by atoms with van der Waals surface area (Å²) in [5, 5.41) is 18.6. The summed E-state index contributed by atoms with van der Waals surface area (Å²) in [4.78, 5) is 41.1. The monoisotopic (exact) mass is 495 g/mol. The average Bonchev–Trinajstić information content (AvgIpc) is 3.31. The van der Waals surface area contributed by atoms with E-state index in [9.17, 15) is 18.8 Å². The molecule has 3 N–H and O–H groups in total. The standard InChI is InChI=1S/C24H19ClFN5O4/c1-13-8-14(2-4-16(13)24(34)35)11-28-23(33)20-10-19(30-21-6-7-29-31(20)21)22(32)27-12-15-3-5-18(26)17(25)9-15/h2-10H,11-12H2,1H3,(H,27,32)(H,28,33)(H,34,35). The second-order valence-corrected chi connectivity index (χ2v) is 8.10. The molecule has 178 valence electrons. The molecule has 0 aliphatic rings. The molecule has 2 amide bonds. The van der Waals surface area contributed by atoms with E-state index in [-0.39, 0.29) is 35.1 Å². The van der Waals surface area contributed by atoms with Crippen LogP contribution in [0, 0.1) is 12.7 Å². The van der Waals surface area contributed by atoms with Crippen LogP contribution in [0.4, 0.5) is 4.39 Å². The second kappa shape index (κ2) is 9.90. The molecular weight excluding hydrogens is 477 g/mol. The van der Waals surface area contributed by atoms with Gasteiger partial charge in [0.1, 0.15) is 17.2 Å². The minimum absolute atomic E-state index is 0.00184. The molecule has 11 heteroatoms. The summed E-state index contributed by atoms with van der Waals surface area (Å²) < 4.78 is 14.7. The van der Waals surface area contributed by atoms with Crippen molar-refractivity contribution in [3.8, 4) is 0 Å². The Balaban J connectivity index is 1.50. The van der Waals surface area contributed by atoms with E-state index in [1.165, 1.54) is 41.0 Å². The van der Waals surface area contributed by atoms with E-state index in [0.29, 0.717) is 22.3 Å². The van der Waals surface area contributed by atoms with Crippen molar-refractivity contribution in [1.29, 1.82) is 0 Å². The van der Waals surface area contributed by atoms with Gasteiger partial charge in [-0.2, -0.15) is 5.10 Å². The smallest absolute Gasteiger partial charge is 0.335 e. The highest BCUT2D eigenvalue weighted by atomic mass is 35.5. The fraction of sp³-hybridized carbons (Fsp3) is 0.125. The Morgan fingerprint density at radius 2 is 1.69 bits per heavy atom. The van der Waals surface area contributed by atoms with Gasteiger partial charge in [0.25, 0.3) is 11.8 Å². The zero-order valence-electron chi connectivity index (χ0n) is 18.4. The molecule has 0 saturated heterocycles. The summed E-state index contributed by atoms with van der Waals surface area (Å²) in [5.41, 5.74) is 2.45. The number of carboxylic acids is 1. The first-order valence-corrected chi connectivity index (χ1v) is 10.8. The maximum absolute atomic E-state index is 13.3. The molecule has 0 aliphatic carbocycles. The number of amides is 2. The Morgan fingerprint density at radius 3 is 2.37 bits per heavy atom. The number of hydrogen-bond donors (Lipinski definition) is 3. The highest BCUT2D eigenvalue weighted by Gasteiger charge is 2.18. The van der Waals surface area contributed by atoms with E-state index in [1.807, 2.05) is 0 Å². The molecule has 0 radical (unpaired) electrons. The number of rotatable bonds is 7. The quantitative estimate of drug-likeness (QED) is 0.361. The summed E-state index contributed by atoms with van der Waals surface area (Å²) in [7, 11) is 0. The third-order valence-corrected chi connectivity index (χ3v) is 5.53. The fourth-order valence-corrected chi connectivity index (χ4v) is 3.67. The highest BCUT2D eigenvalue weighted by Crippen LogP contribution is 2.16. The normalized spacial score (nSPS) is 10.8. The molecule has 2 aromatic heterocycles. The van der Waals surface area contributed by atoms with E-state index in [4.69, 9.17) is 16.7 Å². The van der Waals surface area contributed by atoms with Crippen molar-refractivity contribution in [2.24, 2.45) is 0 Å². The molecule has 9 nitrogen and oxygen atoms in total. The van der Waals surface area contributed by atoms with Gasteiger partial charge in [-0.1, -0.05) is 29.8 Å². The Bertz CT molecular complexity index is 1470. The summed E-state index contributed by atoms with van der Waals surface area (Å²) in [6.45, 7) is 1.89. The number of fused-ring (bicyclic) bond motifs is 1. The zero-order valence-corrected chi connectivity index (χ0v) is 19.1. The molecule has 4 aromatic rings. The van der Waals surface area contributed by atoms with Crippen molar-refractivity contribution in [3.63, 3.8) is 0 Å². The highest BCUT2D eigenvalue weighted by molar-refractivity contribution is 6.30. The lowest BCUT2D eigenvalue weighted by atomic mass is 10.1. The Labute approximate surface area is 203 Å². The predicted octanol–water partition coefficient (Wildman–Crippen LogP) is 3.39. The van der Waals surface area contributed by atoms with Gasteiger partial charge in [0, 0.05) is 25.2 Å². The number of nitrogens with one attached hydrogen (secondary N) is 2. The molecule has 0 aliphatic heterocycles. The van der Waals surface area contributed by atoms with Crippen LogP contribution >= 0.6 is 11.6 Å². The molecule has 0 bridgehead atoms. The van der Waals surface area contributed by atoms with Crippen LogP contribution in [0.25, 0.3) is 5.65 Å². The SMILES string of the molecule is Cc1cc(CNC(=O)c2cc(C(=O)NCc3ccc(F)c(Cl)c3)nc3ccnn23)ccc1C(=O)O. The largest absolute Gasteiger partial charge is 0.478 e. The van der Waals surface area contributed by atoms with Crippen LogP contribution in [0.5, 0.6) is 0 Å². The number of halogens is 2. The van der Waals surface area contributed by atoms with Crippen LogP contribution in [0.3, 0.4) is 0 Å². The molecule has 4 rings (SSSR count). The van der Waals surface area contributed by atoms with E-state index in [1.54, 1.807) is 25.1 Å². The van der Waals surface area contributed by atoms with Crippen molar-refractivity contribution in [3.05, 3.63) is 99.2 Å². The average molecular weight is 496 g/mol. The van der Waals surface area contributed by atoms with Crippen molar-refractivity contribution >= 4 is 35.0 Å². The lowest BCUT2D eigenvalue weighted by Gasteiger charge is -2.11. The van der Waals surface area contributed by atoms with Gasteiger partial charge < -0.3 is 15.7 Å². The van der Waals surface area contributed by atoms with Crippen LogP contribution in [0.2, 0.25) is 5.02 Å². The molecule has 0 atom stereocenters. The summed E-state index contributed by atoms with van der Waals surface area (Å²) in [6, 6.07) is 11.8. The number of carbonyl (C=O) groups excluding carboxylic acids is 2.